The lowest BCUT2D eigenvalue weighted by molar-refractivity contribution is -0.144. The highest BCUT2D eigenvalue weighted by molar-refractivity contribution is 5.66. The molecule has 0 aromatic heterocycles. The van der Waals surface area contributed by atoms with Crippen molar-refractivity contribution < 1.29 is 14.6 Å². The molecule has 0 saturated carbocycles. The van der Waals surface area contributed by atoms with Crippen LogP contribution in [0.3, 0.4) is 0 Å². The molecule has 0 aliphatic carbocycles. The van der Waals surface area contributed by atoms with E-state index in [1.54, 1.807) is 0 Å². The van der Waals surface area contributed by atoms with Crippen LogP contribution in [0.4, 0.5) is 0 Å². The summed E-state index contributed by atoms with van der Waals surface area (Å²) in [5.41, 5.74) is 0. The lowest BCUT2D eigenvalue weighted by Crippen LogP contribution is -2.19. The lowest BCUT2D eigenvalue weighted by Gasteiger charge is -2.14. The van der Waals surface area contributed by atoms with Crippen LogP contribution in [0.25, 0.3) is 0 Å². The molecule has 68 valence electrons. The molecule has 0 heterocycles. The van der Waals surface area contributed by atoms with E-state index in [1.165, 1.54) is 19.1 Å². The van der Waals surface area contributed by atoms with Crippen LogP contribution in [-0.2, 0) is 9.53 Å². The van der Waals surface area contributed by atoms with Gasteiger partial charge in [0.05, 0.1) is 6.10 Å². The third-order valence-corrected chi connectivity index (χ3v) is 1.33. The number of carbonyl (C=O) groups is 1. The Labute approximate surface area is 72.3 Å². The van der Waals surface area contributed by atoms with E-state index in [2.05, 4.69) is 13.2 Å². The molecule has 2 atom stereocenters. The summed E-state index contributed by atoms with van der Waals surface area (Å²) in [6, 6.07) is 0. The summed E-state index contributed by atoms with van der Waals surface area (Å²) < 4.78 is 4.81. The molecule has 0 bridgehead atoms. The minimum atomic E-state index is -0.660. The molecule has 0 fully saturated rings. The Kier molecular flexibility index (Phi) is 5.04. The molecule has 0 aromatic rings. The molecule has 0 saturated heterocycles. The monoisotopic (exact) mass is 170 g/mol. The smallest absolute Gasteiger partial charge is 0.303 e. The number of carbonyl (C=O) groups excluding carboxylic acids is 1. The maximum atomic E-state index is 10.5. The summed E-state index contributed by atoms with van der Waals surface area (Å²) >= 11 is 0. The minimum absolute atomic E-state index is 0.312. The zero-order valence-corrected chi connectivity index (χ0v) is 7.19. The van der Waals surface area contributed by atoms with E-state index >= 15 is 0 Å². The quantitative estimate of drug-likeness (QED) is 0.495. The van der Waals surface area contributed by atoms with Crippen molar-refractivity contribution in [1.82, 2.24) is 0 Å². The summed E-state index contributed by atoms with van der Waals surface area (Å²) in [5.74, 6) is -0.379. The number of hydrogen-bond donors (Lipinski definition) is 1. The van der Waals surface area contributed by atoms with E-state index in [-0.39, 0.29) is 5.97 Å². The largest absolute Gasteiger partial charge is 0.458 e. The van der Waals surface area contributed by atoms with Gasteiger partial charge in [-0.1, -0.05) is 18.7 Å². The van der Waals surface area contributed by atoms with Crippen LogP contribution < -0.4 is 0 Å². The van der Waals surface area contributed by atoms with E-state index in [9.17, 15) is 4.79 Å². The fourth-order valence-electron chi connectivity index (χ4n) is 0.740. The molecule has 3 heteroatoms. The first-order valence-electron chi connectivity index (χ1n) is 3.70. The summed E-state index contributed by atoms with van der Waals surface area (Å²) in [5, 5.41) is 9.12. The van der Waals surface area contributed by atoms with Crippen molar-refractivity contribution in [3.05, 3.63) is 25.3 Å². The van der Waals surface area contributed by atoms with Gasteiger partial charge in [0.25, 0.3) is 0 Å². The second-order valence-corrected chi connectivity index (χ2v) is 2.42. The van der Waals surface area contributed by atoms with Gasteiger partial charge in [-0.15, -0.1) is 6.58 Å². The van der Waals surface area contributed by atoms with E-state index in [0.29, 0.717) is 6.42 Å². The second kappa shape index (κ2) is 5.55. The van der Waals surface area contributed by atoms with Gasteiger partial charge < -0.3 is 9.84 Å². The first-order valence-corrected chi connectivity index (χ1v) is 3.70. The number of hydrogen-bond acceptors (Lipinski definition) is 3. The van der Waals surface area contributed by atoms with Crippen molar-refractivity contribution in [2.24, 2.45) is 0 Å². The molecule has 0 spiro atoms. The number of aliphatic hydroxyl groups excluding tert-OH is 1. The molecule has 0 amide bonds. The molecule has 0 rings (SSSR count). The van der Waals surface area contributed by atoms with Gasteiger partial charge in [0.1, 0.15) is 6.10 Å². The summed E-state index contributed by atoms with van der Waals surface area (Å²) in [6.07, 6.45) is 2.09. The topological polar surface area (TPSA) is 46.5 Å². The van der Waals surface area contributed by atoms with Gasteiger partial charge in [-0.2, -0.15) is 0 Å². The molecular formula is C9H14O3. The highest BCUT2D eigenvalue weighted by Crippen LogP contribution is 2.04. The molecule has 0 radical (unpaired) electrons. The van der Waals surface area contributed by atoms with E-state index in [4.69, 9.17) is 9.84 Å². The minimum Gasteiger partial charge on any atom is -0.458 e. The van der Waals surface area contributed by atoms with Crippen LogP contribution in [0.1, 0.15) is 13.3 Å². The lowest BCUT2D eigenvalue weighted by atomic mass is 10.1. The molecule has 1 N–H and O–H groups in total. The standard InChI is InChI=1S/C9H14O3/c1-4-8(11)6-9(5-2)12-7(3)10/h4-5,8-9,11H,1-2,6H2,3H3. The van der Waals surface area contributed by atoms with Crippen molar-refractivity contribution >= 4 is 5.97 Å². The van der Waals surface area contributed by atoms with Gasteiger partial charge in [0.15, 0.2) is 0 Å². The van der Waals surface area contributed by atoms with Crippen LogP contribution in [0.15, 0.2) is 25.3 Å². The Morgan fingerprint density at radius 3 is 2.50 bits per heavy atom. The highest BCUT2D eigenvalue weighted by atomic mass is 16.5. The third kappa shape index (κ3) is 4.68. The summed E-state index contributed by atoms with van der Waals surface area (Å²) in [6.45, 7) is 8.20. The van der Waals surface area contributed by atoms with Crippen LogP contribution in [0, 0.1) is 0 Å². The van der Waals surface area contributed by atoms with Crippen molar-refractivity contribution in [2.75, 3.05) is 0 Å². The highest BCUT2D eigenvalue weighted by Gasteiger charge is 2.11. The maximum absolute atomic E-state index is 10.5. The average molecular weight is 170 g/mol. The van der Waals surface area contributed by atoms with Crippen molar-refractivity contribution in [3.8, 4) is 0 Å². The Hall–Kier alpha value is -1.09. The zero-order chi connectivity index (χ0) is 9.56. The Balaban J connectivity index is 3.90. The van der Waals surface area contributed by atoms with E-state index in [0.717, 1.165) is 0 Å². The first kappa shape index (κ1) is 10.9. The van der Waals surface area contributed by atoms with Gasteiger partial charge in [0, 0.05) is 13.3 Å². The average Bonchev–Trinajstić information content (AvgIpc) is 2.02. The molecule has 0 aromatic carbocycles. The Morgan fingerprint density at radius 1 is 1.58 bits per heavy atom. The van der Waals surface area contributed by atoms with Gasteiger partial charge in [-0.25, -0.2) is 0 Å². The van der Waals surface area contributed by atoms with Crippen molar-refractivity contribution in [3.63, 3.8) is 0 Å². The molecule has 0 aliphatic rings. The van der Waals surface area contributed by atoms with Gasteiger partial charge in [-0.3, -0.25) is 4.79 Å². The number of ether oxygens (including phenoxy) is 1. The van der Waals surface area contributed by atoms with Crippen LogP contribution in [0.2, 0.25) is 0 Å². The van der Waals surface area contributed by atoms with Crippen LogP contribution in [0.5, 0.6) is 0 Å². The number of aliphatic hydroxyl groups is 1. The van der Waals surface area contributed by atoms with Crippen LogP contribution >= 0.6 is 0 Å². The molecule has 2 unspecified atom stereocenters. The molecular weight excluding hydrogens is 156 g/mol. The fourth-order valence-corrected chi connectivity index (χ4v) is 0.740. The Morgan fingerprint density at radius 2 is 2.17 bits per heavy atom. The summed E-state index contributed by atoms with van der Waals surface area (Å²) in [7, 11) is 0. The van der Waals surface area contributed by atoms with Crippen molar-refractivity contribution in [1.29, 1.82) is 0 Å². The van der Waals surface area contributed by atoms with Gasteiger partial charge in [-0.05, 0) is 0 Å². The normalized spacial score (nSPS) is 14.5. The van der Waals surface area contributed by atoms with E-state index < -0.39 is 12.2 Å². The predicted molar refractivity (Wildman–Crippen MR) is 46.6 cm³/mol. The van der Waals surface area contributed by atoms with Crippen LogP contribution in [-0.4, -0.2) is 23.3 Å². The third-order valence-electron chi connectivity index (χ3n) is 1.33. The number of esters is 1. The van der Waals surface area contributed by atoms with E-state index in [1.807, 2.05) is 0 Å². The zero-order valence-electron chi connectivity index (χ0n) is 7.19. The summed E-state index contributed by atoms with van der Waals surface area (Å²) in [4.78, 5) is 10.5. The molecule has 12 heavy (non-hydrogen) atoms. The molecule has 0 aliphatic heterocycles. The predicted octanol–water partition coefficient (Wildman–Crippen LogP) is 1.04. The van der Waals surface area contributed by atoms with Gasteiger partial charge >= 0.3 is 5.97 Å². The SMILES string of the molecule is C=CC(O)CC(C=C)OC(C)=O. The maximum Gasteiger partial charge on any atom is 0.303 e. The molecule has 3 nitrogen and oxygen atoms in total. The van der Waals surface area contributed by atoms with Gasteiger partial charge in [0.2, 0.25) is 0 Å². The Bertz CT molecular complexity index is 175. The number of rotatable bonds is 5. The first-order chi connectivity index (χ1) is 5.60. The second-order valence-electron chi connectivity index (χ2n) is 2.42. The fraction of sp³-hybridized carbons (Fsp3) is 0.444. The van der Waals surface area contributed by atoms with Crippen molar-refractivity contribution in [2.45, 2.75) is 25.6 Å².